The molecule has 0 amide bonds. The molecule has 0 heterocycles. The van der Waals surface area contributed by atoms with E-state index < -0.39 is 22.0 Å². The fourth-order valence-electron chi connectivity index (χ4n) is 1.51. The number of carboxylic acids is 1. The Morgan fingerprint density at radius 3 is 2.35 bits per heavy atom. The average Bonchev–Trinajstić information content (AvgIpc) is 2.23. The summed E-state index contributed by atoms with van der Waals surface area (Å²) >= 11 is 15.0. The van der Waals surface area contributed by atoms with Crippen molar-refractivity contribution >= 4 is 55.1 Å². The van der Waals surface area contributed by atoms with Crippen LogP contribution in [0.4, 0.5) is 0 Å². The Hall–Kier alpha value is -0.340. The number of hydrogen-bond donors (Lipinski definition) is 2. The monoisotopic (exact) mass is 403 g/mol. The molecule has 1 atom stereocenters. The van der Waals surface area contributed by atoms with Crippen LogP contribution in [0.5, 0.6) is 0 Å². The molecule has 0 bridgehead atoms. The average molecular weight is 405 g/mol. The third-order valence-corrected chi connectivity index (χ3v) is 5.35. The molecular formula is C11H12BrCl2NO4S. The molecule has 20 heavy (non-hydrogen) atoms. The first kappa shape index (κ1) is 17.7. The van der Waals surface area contributed by atoms with Crippen molar-refractivity contribution in [2.24, 2.45) is 0 Å². The second-order valence-electron chi connectivity index (χ2n) is 4.15. The van der Waals surface area contributed by atoms with Gasteiger partial charge < -0.3 is 5.11 Å². The minimum atomic E-state index is -3.91. The summed E-state index contributed by atoms with van der Waals surface area (Å²) in [6, 6.07) is 2.29. The van der Waals surface area contributed by atoms with Gasteiger partial charge in [-0.15, -0.1) is 0 Å². The highest BCUT2D eigenvalue weighted by Crippen LogP contribution is 2.32. The molecule has 112 valence electrons. The van der Waals surface area contributed by atoms with E-state index >= 15 is 0 Å². The molecule has 0 fully saturated rings. The Bertz CT molecular complexity index is 598. The number of carboxylic acid groups (broad SMARTS) is 1. The molecule has 0 radical (unpaired) electrons. The summed E-state index contributed by atoms with van der Waals surface area (Å²) in [5.74, 6) is -0.990. The van der Waals surface area contributed by atoms with Crippen LogP contribution in [0.1, 0.15) is 19.8 Å². The second kappa shape index (κ2) is 7.09. The van der Waals surface area contributed by atoms with Crippen LogP contribution in [0.25, 0.3) is 0 Å². The molecule has 9 heteroatoms. The van der Waals surface area contributed by atoms with Gasteiger partial charge in [0.15, 0.2) is 0 Å². The summed E-state index contributed by atoms with van der Waals surface area (Å²) in [5.41, 5.74) is 0. The van der Waals surface area contributed by atoms with Crippen LogP contribution in [0.15, 0.2) is 21.5 Å². The van der Waals surface area contributed by atoms with E-state index in [2.05, 4.69) is 20.7 Å². The molecule has 0 saturated carbocycles. The standard InChI is InChI=1S/C11H12BrCl2NO4S/c1-6(2-3-10(16)17)15-20(18,19)11-8(13)4-7(12)5-9(11)14/h4-6,15H,2-3H2,1H3,(H,16,17). The largest absolute Gasteiger partial charge is 0.481 e. The van der Waals surface area contributed by atoms with Crippen LogP contribution >= 0.6 is 39.1 Å². The van der Waals surface area contributed by atoms with E-state index in [9.17, 15) is 13.2 Å². The van der Waals surface area contributed by atoms with E-state index in [0.29, 0.717) is 4.47 Å². The first-order valence-electron chi connectivity index (χ1n) is 5.52. The van der Waals surface area contributed by atoms with Gasteiger partial charge in [0.05, 0.1) is 10.0 Å². The molecule has 0 spiro atoms. The predicted octanol–water partition coefficient (Wildman–Crippen LogP) is 3.29. The second-order valence-corrected chi connectivity index (χ2v) is 7.53. The highest BCUT2D eigenvalue weighted by molar-refractivity contribution is 9.10. The highest BCUT2D eigenvalue weighted by atomic mass is 79.9. The smallest absolute Gasteiger partial charge is 0.303 e. The Morgan fingerprint density at radius 1 is 1.40 bits per heavy atom. The predicted molar refractivity (Wildman–Crippen MR) is 80.8 cm³/mol. The molecule has 0 aliphatic rings. The summed E-state index contributed by atoms with van der Waals surface area (Å²) in [5, 5.41) is 8.55. The zero-order valence-corrected chi connectivity index (χ0v) is 14.3. The third kappa shape index (κ3) is 4.89. The SMILES string of the molecule is CC(CCC(=O)O)NS(=O)(=O)c1c(Cl)cc(Br)cc1Cl. The van der Waals surface area contributed by atoms with Crippen LogP contribution in [0, 0.1) is 0 Å². The van der Waals surface area contributed by atoms with Crippen molar-refractivity contribution in [1.29, 1.82) is 0 Å². The maximum atomic E-state index is 12.2. The van der Waals surface area contributed by atoms with Gasteiger partial charge in [0, 0.05) is 16.9 Å². The summed E-state index contributed by atoms with van der Waals surface area (Å²) in [4.78, 5) is 10.2. The first-order valence-corrected chi connectivity index (χ1v) is 8.55. The zero-order chi connectivity index (χ0) is 15.5. The van der Waals surface area contributed by atoms with Gasteiger partial charge in [-0.2, -0.15) is 0 Å². The van der Waals surface area contributed by atoms with E-state index in [1.807, 2.05) is 0 Å². The van der Waals surface area contributed by atoms with E-state index in [0.717, 1.165) is 0 Å². The highest BCUT2D eigenvalue weighted by Gasteiger charge is 2.24. The summed E-state index contributed by atoms with van der Waals surface area (Å²) in [7, 11) is -3.91. The maximum Gasteiger partial charge on any atom is 0.303 e. The van der Waals surface area contributed by atoms with Crippen LogP contribution in [0.2, 0.25) is 10.0 Å². The molecule has 1 rings (SSSR count). The fraction of sp³-hybridized carbons (Fsp3) is 0.364. The Labute approximate surface area is 135 Å². The number of sulfonamides is 1. The Morgan fingerprint density at radius 2 is 1.90 bits per heavy atom. The van der Waals surface area contributed by atoms with Gasteiger partial charge in [-0.05, 0) is 25.5 Å². The topological polar surface area (TPSA) is 83.5 Å². The quantitative estimate of drug-likeness (QED) is 0.761. The minimum Gasteiger partial charge on any atom is -0.481 e. The molecule has 1 aromatic rings. The van der Waals surface area contributed by atoms with Crippen molar-refractivity contribution in [3.8, 4) is 0 Å². The fourth-order valence-corrected chi connectivity index (χ4v) is 4.72. The molecule has 0 aliphatic carbocycles. The van der Waals surface area contributed by atoms with E-state index in [1.165, 1.54) is 12.1 Å². The van der Waals surface area contributed by atoms with Gasteiger partial charge in [0.1, 0.15) is 4.90 Å². The lowest BCUT2D eigenvalue weighted by atomic mass is 10.2. The number of hydrogen-bond acceptors (Lipinski definition) is 3. The van der Waals surface area contributed by atoms with Gasteiger partial charge >= 0.3 is 5.97 Å². The Kier molecular flexibility index (Phi) is 6.27. The van der Waals surface area contributed by atoms with E-state index in [1.54, 1.807) is 6.92 Å². The number of benzene rings is 1. The summed E-state index contributed by atoms with van der Waals surface area (Å²) in [6.07, 6.45) is 0.0335. The van der Waals surface area contributed by atoms with Gasteiger partial charge in [0.25, 0.3) is 0 Å². The molecule has 5 nitrogen and oxygen atoms in total. The minimum absolute atomic E-state index is 0.0118. The van der Waals surface area contributed by atoms with Crippen molar-refractivity contribution in [3.63, 3.8) is 0 Å². The van der Waals surface area contributed by atoms with Crippen molar-refractivity contribution in [1.82, 2.24) is 4.72 Å². The summed E-state index contributed by atoms with van der Waals surface area (Å²) in [6.45, 7) is 1.57. The van der Waals surface area contributed by atoms with Crippen molar-refractivity contribution < 1.29 is 18.3 Å². The number of halogens is 3. The molecule has 1 aromatic carbocycles. The van der Waals surface area contributed by atoms with Gasteiger partial charge in [-0.3, -0.25) is 4.79 Å². The van der Waals surface area contributed by atoms with Gasteiger partial charge in [0.2, 0.25) is 10.0 Å². The lowest BCUT2D eigenvalue weighted by Crippen LogP contribution is -2.33. The summed E-state index contributed by atoms with van der Waals surface area (Å²) < 4.78 is 27.3. The molecule has 0 saturated heterocycles. The molecule has 0 aliphatic heterocycles. The van der Waals surface area contributed by atoms with Crippen LogP contribution in [-0.2, 0) is 14.8 Å². The number of nitrogens with one attached hydrogen (secondary N) is 1. The molecular weight excluding hydrogens is 393 g/mol. The maximum absolute atomic E-state index is 12.2. The van der Waals surface area contributed by atoms with Crippen molar-refractivity contribution in [2.75, 3.05) is 0 Å². The van der Waals surface area contributed by atoms with E-state index in [4.69, 9.17) is 28.3 Å². The molecule has 2 N–H and O–H groups in total. The number of aliphatic carboxylic acids is 1. The first-order chi connectivity index (χ1) is 9.13. The lowest BCUT2D eigenvalue weighted by Gasteiger charge is -2.15. The van der Waals surface area contributed by atoms with Crippen molar-refractivity contribution in [3.05, 3.63) is 26.7 Å². The number of rotatable bonds is 6. The van der Waals surface area contributed by atoms with Crippen LogP contribution < -0.4 is 4.72 Å². The molecule has 1 unspecified atom stereocenters. The van der Waals surface area contributed by atoms with Gasteiger partial charge in [-0.1, -0.05) is 39.1 Å². The van der Waals surface area contributed by atoms with Crippen molar-refractivity contribution in [2.45, 2.75) is 30.7 Å². The molecule has 0 aromatic heterocycles. The Balaban J connectivity index is 2.97. The van der Waals surface area contributed by atoms with E-state index in [-0.39, 0.29) is 27.8 Å². The normalized spacial score (nSPS) is 13.2. The zero-order valence-electron chi connectivity index (χ0n) is 10.4. The van der Waals surface area contributed by atoms with Crippen LogP contribution in [-0.4, -0.2) is 25.5 Å². The third-order valence-electron chi connectivity index (χ3n) is 2.38. The number of carbonyl (C=O) groups is 1. The van der Waals surface area contributed by atoms with Gasteiger partial charge in [-0.25, -0.2) is 13.1 Å². The lowest BCUT2D eigenvalue weighted by molar-refractivity contribution is -0.137. The van der Waals surface area contributed by atoms with Crippen LogP contribution in [0.3, 0.4) is 0 Å².